The zero-order chi connectivity index (χ0) is 13.4. The Kier molecular flexibility index (Phi) is 2.82. The fourth-order valence-electron chi connectivity index (χ4n) is 2.50. The van der Waals surface area contributed by atoms with Gasteiger partial charge in [0.2, 0.25) is 0 Å². The summed E-state index contributed by atoms with van der Waals surface area (Å²) in [6.07, 6.45) is 3.92. The molecule has 0 spiro atoms. The van der Waals surface area contributed by atoms with E-state index >= 15 is 0 Å². The van der Waals surface area contributed by atoms with Gasteiger partial charge in [0.1, 0.15) is 0 Å². The Morgan fingerprint density at radius 1 is 1.16 bits per heavy atom. The van der Waals surface area contributed by atoms with Crippen molar-refractivity contribution in [3.05, 3.63) is 48.3 Å². The van der Waals surface area contributed by atoms with Crippen molar-refractivity contribution in [3.8, 4) is 11.3 Å². The van der Waals surface area contributed by atoms with Crippen LogP contribution in [0.4, 0.5) is 0 Å². The van der Waals surface area contributed by atoms with E-state index in [9.17, 15) is 0 Å². The maximum Gasteiger partial charge on any atom is 0.0929 e. The molecule has 0 N–H and O–H groups in total. The lowest BCUT2D eigenvalue weighted by molar-refractivity contribution is 0.857. The van der Waals surface area contributed by atoms with Crippen LogP contribution in [0.25, 0.3) is 22.2 Å². The van der Waals surface area contributed by atoms with E-state index in [2.05, 4.69) is 60.1 Å². The predicted molar refractivity (Wildman–Crippen MR) is 78.0 cm³/mol. The van der Waals surface area contributed by atoms with E-state index in [1.807, 2.05) is 12.1 Å². The van der Waals surface area contributed by atoms with Crippen molar-refractivity contribution in [1.82, 2.24) is 14.8 Å². The van der Waals surface area contributed by atoms with Crippen LogP contribution in [0.15, 0.2) is 42.7 Å². The summed E-state index contributed by atoms with van der Waals surface area (Å²) in [5.41, 5.74) is 4.68. The molecule has 19 heavy (non-hydrogen) atoms. The Bertz CT molecular complexity index is 711. The molecule has 0 aliphatic carbocycles. The molecular weight excluding hydrogens is 234 g/mol. The molecule has 0 unspecified atom stereocenters. The van der Waals surface area contributed by atoms with Crippen molar-refractivity contribution < 1.29 is 0 Å². The molecule has 3 heteroatoms. The first-order chi connectivity index (χ1) is 9.16. The normalized spacial score (nSPS) is 11.4. The second-order valence-corrected chi connectivity index (χ2v) is 5.19. The van der Waals surface area contributed by atoms with Gasteiger partial charge in [0.05, 0.1) is 5.69 Å². The molecule has 3 aromatic rings. The molecular formula is C16H17N3. The lowest BCUT2D eigenvalue weighted by Gasteiger charge is -2.04. The Labute approximate surface area is 112 Å². The van der Waals surface area contributed by atoms with Crippen LogP contribution in [0.3, 0.4) is 0 Å². The van der Waals surface area contributed by atoms with Crippen LogP contribution in [-0.2, 0) is 7.05 Å². The topological polar surface area (TPSA) is 30.7 Å². The highest BCUT2D eigenvalue weighted by atomic mass is 15.1. The minimum atomic E-state index is 0.515. The monoisotopic (exact) mass is 251 g/mol. The fraction of sp³-hybridized carbons (Fsp3) is 0.250. The quantitative estimate of drug-likeness (QED) is 0.694. The van der Waals surface area contributed by atoms with Gasteiger partial charge in [-0.05, 0) is 35.7 Å². The van der Waals surface area contributed by atoms with Crippen molar-refractivity contribution in [3.63, 3.8) is 0 Å². The fourth-order valence-corrected chi connectivity index (χ4v) is 2.50. The Balaban J connectivity index is 2.23. The van der Waals surface area contributed by atoms with Gasteiger partial charge in [-0.3, -0.25) is 0 Å². The molecule has 0 aliphatic heterocycles. The number of aryl methyl sites for hydroxylation is 1. The minimum Gasteiger partial charge on any atom is -0.350 e. The predicted octanol–water partition coefficient (Wildman–Crippen LogP) is 3.76. The summed E-state index contributed by atoms with van der Waals surface area (Å²) in [5.74, 6) is 0.515. The van der Waals surface area contributed by atoms with E-state index in [-0.39, 0.29) is 0 Å². The first-order valence-corrected chi connectivity index (χ1v) is 6.54. The second kappa shape index (κ2) is 4.50. The van der Waals surface area contributed by atoms with Gasteiger partial charge in [-0.2, -0.15) is 10.2 Å². The van der Waals surface area contributed by atoms with E-state index in [1.54, 1.807) is 6.20 Å². The lowest BCUT2D eigenvalue weighted by atomic mass is 10.0. The molecule has 0 atom stereocenters. The van der Waals surface area contributed by atoms with E-state index in [1.165, 1.54) is 16.5 Å². The molecule has 0 aliphatic rings. The van der Waals surface area contributed by atoms with Gasteiger partial charge in [-0.1, -0.05) is 19.9 Å². The molecule has 3 nitrogen and oxygen atoms in total. The summed E-state index contributed by atoms with van der Waals surface area (Å²) in [6, 6.07) is 10.4. The minimum absolute atomic E-state index is 0.515. The third-order valence-corrected chi connectivity index (χ3v) is 3.51. The van der Waals surface area contributed by atoms with Gasteiger partial charge in [0, 0.05) is 35.9 Å². The molecule has 0 saturated carbocycles. The molecule has 0 amide bonds. The van der Waals surface area contributed by atoms with Crippen LogP contribution in [0.2, 0.25) is 0 Å². The molecule has 3 rings (SSSR count). The Morgan fingerprint density at radius 2 is 2.00 bits per heavy atom. The summed E-state index contributed by atoms with van der Waals surface area (Å²) in [4.78, 5) is 0. The highest BCUT2D eigenvalue weighted by Gasteiger charge is 2.11. The molecule has 0 bridgehead atoms. The highest BCUT2D eigenvalue weighted by molar-refractivity contribution is 5.88. The molecule has 1 aromatic carbocycles. The van der Waals surface area contributed by atoms with Gasteiger partial charge < -0.3 is 4.57 Å². The number of nitrogens with zero attached hydrogens (tertiary/aromatic N) is 3. The van der Waals surface area contributed by atoms with Crippen LogP contribution < -0.4 is 0 Å². The third kappa shape index (κ3) is 2.01. The SMILES string of the molecule is CC(C)c1cn(C)c2ccc(-c3cccnn3)cc12. The molecule has 0 fully saturated rings. The molecule has 0 radical (unpaired) electrons. The summed E-state index contributed by atoms with van der Waals surface area (Å²) >= 11 is 0. The third-order valence-electron chi connectivity index (χ3n) is 3.51. The van der Waals surface area contributed by atoms with Crippen LogP contribution in [0.5, 0.6) is 0 Å². The molecule has 2 heterocycles. The van der Waals surface area contributed by atoms with Crippen molar-refractivity contribution in [2.75, 3.05) is 0 Å². The summed E-state index contributed by atoms with van der Waals surface area (Å²) in [6.45, 7) is 4.45. The lowest BCUT2D eigenvalue weighted by Crippen LogP contribution is -1.87. The first-order valence-electron chi connectivity index (χ1n) is 6.54. The van der Waals surface area contributed by atoms with Crippen molar-refractivity contribution in [2.24, 2.45) is 7.05 Å². The van der Waals surface area contributed by atoms with Crippen LogP contribution >= 0.6 is 0 Å². The maximum absolute atomic E-state index is 4.18. The van der Waals surface area contributed by atoms with Crippen LogP contribution in [0, 0.1) is 0 Å². The number of rotatable bonds is 2. The van der Waals surface area contributed by atoms with Gasteiger partial charge in [0.25, 0.3) is 0 Å². The van der Waals surface area contributed by atoms with E-state index in [0.29, 0.717) is 5.92 Å². The molecule has 96 valence electrons. The second-order valence-electron chi connectivity index (χ2n) is 5.19. The van der Waals surface area contributed by atoms with Gasteiger partial charge >= 0.3 is 0 Å². The maximum atomic E-state index is 4.18. The van der Waals surface area contributed by atoms with E-state index < -0.39 is 0 Å². The Morgan fingerprint density at radius 3 is 2.68 bits per heavy atom. The zero-order valence-electron chi connectivity index (χ0n) is 11.5. The van der Waals surface area contributed by atoms with Crippen molar-refractivity contribution >= 4 is 10.9 Å². The zero-order valence-corrected chi connectivity index (χ0v) is 11.5. The van der Waals surface area contributed by atoms with Crippen LogP contribution in [-0.4, -0.2) is 14.8 Å². The number of hydrogen-bond donors (Lipinski definition) is 0. The largest absolute Gasteiger partial charge is 0.350 e. The number of aromatic nitrogens is 3. The Hall–Kier alpha value is -2.16. The highest BCUT2D eigenvalue weighted by Crippen LogP contribution is 2.30. The van der Waals surface area contributed by atoms with Gasteiger partial charge in [0.15, 0.2) is 0 Å². The van der Waals surface area contributed by atoms with E-state index in [0.717, 1.165) is 11.3 Å². The van der Waals surface area contributed by atoms with Gasteiger partial charge in [-0.15, -0.1) is 0 Å². The van der Waals surface area contributed by atoms with Crippen LogP contribution in [0.1, 0.15) is 25.3 Å². The van der Waals surface area contributed by atoms with Gasteiger partial charge in [-0.25, -0.2) is 0 Å². The first kappa shape index (κ1) is 11.9. The standard InChI is InChI=1S/C16H17N3/c1-11(2)14-10-19(3)16-7-6-12(9-13(14)16)15-5-4-8-17-18-15/h4-11H,1-3H3. The average molecular weight is 251 g/mol. The number of hydrogen-bond acceptors (Lipinski definition) is 2. The molecule has 0 saturated heterocycles. The van der Waals surface area contributed by atoms with Crippen molar-refractivity contribution in [2.45, 2.75) is 19.8 Å². The number of benzene rings is 1. The average Bonchev–Trinajstić information content (AvgIpc) is 2.77. The van der Waals surface area contributed by atoms with E-state index in [4.69, 9.17) is 0 Å². The van der Waals surface area contributed by atoms with Crippen molar-refractivity contribution in [1.29, 1.82) is 0 Å². The smallest absolute Gasteiger partial charge is 0.0929 e. The molecule has 2 aromatic heterocycles. The summed E-state index contributed by atoms with van der Waals surface area (Å²) in [5, 5.41) is 9.44. The number of fused-ring (bicyclic) bond motifs is 1. The summed E-state index contributed by atoms with van der Waals surface area (Å²) < 4.78 is 2.19. The summed E-state index contributed by atoms with van der Waals surface area (Å²) in [7, 11) is 2.09.